The first-order valence-electron chi connectivity index (χ1n) is 7.15. The third-order valence-corrected chi connectivity index (χ3v) is 3.43. The quantitative estimate of drug-likeness (QED) is 0.686. The lowest BCUT2D eigenvalue weighted by atomic mass is 10.1. The molecular formula is C17H17NO4. The maximum Gasteiger partial charge on any atom is 0.336 e. The highest BCUT2D eigenvalue weighted by Crippen LogP contribution is 2.23. The highest BCUT2D eigenvalue weighted by Gasteiger charge is 2.09. The van der Waals surface area contributed by atoms with Crippen molar-refractivity contribution in [2.75, 3.05) is 0 Å². The third kappa shape index (κ3) is 2.88. The third-order valence-electron chi connectivity index (χ3n) is 3.43. The van der Waals surface area contributed by atoms with Gasteiger partial charge in [0.25, 0.3) is 0 Å². The summed E-state index contributed by atoms with van der Waals surface area (Å²) in [6.45, 7) is 6.19. The van der Waals surface area contributed by atoms with Gasteiger partial charge in [-0.05, 0) is 24.6 Å². The maximum absolute atomic E-state index is 11.4. The fourth-order valence-electron chi connectivity index (χ4n) is 2.20. The van der Waals surface area contributed by atoms with E-state index < -0.39 is 0 Å². The lowest BCUT2D eigenvalue weighted by Crippen LogP contribution is -1.99. The van der Waals surface area contributed by atoms with E-state index >= 15 is 0 Å². The predicted molar refractivity (Wildman–Crippen MR) is 82.1 cm³/mol. The van der Waals surface area contributed by atoms with Crippen molar-refractivity contribution in [3.63, 3.8) is 0 Å². The smallest absolute Gasteiger partial charge is 0.336 e. The van der Waals surface area contributed by atoms with Crippen LogP contribution in [0.2, 0.25) is 0 Å². The number of benzene rings is 1. The minimum absolute atomic E-state index is 0.230. The van der Waals surface area contributed by atoms with Crippen molar-refractivity contribution in [2.45, 2.75) is 33.3 Å². The van der Waals surface area contributed by atoms with Gasteiger partial charge in [-0.2, -0.15) is 0 Å². The van der Waals surface area contributed by atoms with Crippen LogP contribution in [0.5, 0.6) is 5.75 Å². The van der Waals surface area contributed by atoms with E-state index in [1.807, 2.05) is 32.9 Å². The van der Waals surface area contributed by atoms with Crippen LogP contribution in [0.3, 0.4) is 0 Å². The Morgan fingerprint density at radius 1 is 1.23 bits per heavy atom. The van der Waals surface area contributed by atoms with Gasteiger partial charge in [-0.15, -0.1) is 0 Å². The van der Waals surface area contributed by atoms with Crippen LogP contribution in [-0.2, 0) is 6.61 Å². The van der Waals surface area contributed by atoms with Gasteiger partial charge in [0.2, 0.25) is 5.89 Å². The lowest BCUT2D eigenvalue weighted by Gasteiger charge is -2.06. The molecular weight excluding hydrogens is 282 g/mol. The second-order valence-electron chi connectivity index (χ2n) is 5.51. The standard InChI is InChI=1S/C17H17NO4/c1-10(2)15-8-18-16(21-15)9-20-12-4-5-13-11(3)6-17(19)22-14(13)7-12/h4-8,10H,9H2,1-3H3. The average Bonchev–Trinajstić information content (AvgIpc) is 2.93. The highest BCUT2D eigenvalue weighted by atomic mass is 16.5. The first-order chi connectivity index (χ1) is 10.5. The number of hydrogen-bond donors (Lipinski definition) is 0. The molecule has 0 aliphatic carbocycles. The van der Waals surface area contributed by atoms with E-state index in [4.69, 9.17) is 13.6 Å². The number of aromatic nitrogens is 1. The van der Waals surface area contributed by atoms with Crippen LogP contribution in [0.1, 0.15) is 37.0 Å². The number of hydrogen-bond acceptors (Lipinski definition) is 5. The summed E-state index contributed by atoms with van der Waals surface area (Å²) in [7, 11) is 0. The Hall–Kier alpha value is -2.56. The van der Waals surface area contributed by atoms with Crippen molar-refractivity contribution in [3.8, 4) is 5.75 Å². The van der Waals surface area contributed by atoms with Gasteiger partial charge in [0.05, 0.1) is 6.20 Å². The Labute approximate surface area is 127 Å². The molecule has 2 heterocycles. The van der Waals surface area contributed by atoms with Gasteiger partial charge in [-0.1, -0.05) is 13.8 Å². The topological polar surface area (TPSA) is 65.5 Å². The minimum atomic E-state index is -0.364. The van der Waals surface area contributed by atoms with Crippen molar-refractivity contribution in [1.82, 2.24) is 4.98 Å². The molecule has 0 atom stereocenters. The summed E-state index contributed by atoms with van der Waals surface area (Å²) in [4.78, 5) is 15.6. The van der Waals surface area contributed by atoms with Crippen molar-refractivity contribution in [1.29, 1.82) is 0 Å². The summed E-state index contributed by atoms with van der Waals surface area (Å²) in [6.07, 6.45) is 1.71. The van der Waals surface area contributed by atoms with Gasteiger partial charge in [0.1, 0.15) is 17.1 Å². The van der Waals surface area contributed by atoms with Crippen molar-refractivity contribution in [2.24, 2.45) is 0 Å². The molecule has 0 saturated heterocycles. The van der Waals surface area contributed by atoms with E-state index in [9.17, 15) is 4.79 Å². The summed E-state index contributed by atoms with van der Waals surface area (Å²) in [5.41, 5.74) is 1.03. The van der Waals surface area contributed by atoms with Crippen LogP contribution in [0.15, 0.2) is 44.1 Å². The Morgan fingerprint density at radius 2 is 2.05 bits per heavy atom. The van der Waals surface area contributed by atoms with E-state index in [0.717, 1.165) is 16.7 Å². The first kappa shape index (κ1) is 14.4. The van der Waals surface area contributed by atoms with Gasteiger partial charge in [-0.3, -0.25) is 0 Å². The predicted octanol–water partition coefficient (Wildman–Crippen LogP) is 3.79. The van der Waals surface area contributed by atoms with Crippen LogP contribution >= 0.6 is 0 Å². The lowest BCUT2D eigenvalue weighted by molar-refractivity contribution is 0.257. The Kier molecular flexibility index (Phi) is 3.71. The molecule has 2 aromatic heterocycles. The summed E-state index contributed by atoms with van der Waals surface area (Å²) in [5, 5.41) is 0.894. The number of fused-ring (bicyclic) bond motifs is 1. The number of nitrogens with zero attached hydrogens (tertiary/aromatic N) is 1. The highest BCUT2D eigenvalue weighted by molar-refractivity contribution is 5.81. The van der Waals surface area contributed by atoms with E-state index in [-0.39, 0.29) is 12.2 Å². The van der Waals surface area contributed by atoms with Gasteiger partial charge in [-0.25, -0.2) is 9.78 Å². The number of ether oxygens (including phenoxy) is 1. The van der Waals surface area contributed by atoms with E-state index in [1.54, 1.807) is 12.3 Å². The molecule has 0 aliphatic rings. The molecule has 0 amide bonds. The van der Waals surface area contributed by atoms with Crippen LogP contribution in [0, 0.1) is 6.92 Å². The SMILES string of the molecule is Cc1cc(=O)oc2cc(OCc3ncc(C(C)C)o3)ccc12. The van der Waals surface area contributed by atoms with E-state index in [2.05, 4.69) is 4.98 Å². The zero-order chi connectivity index (χ0) is 15.7. The fourth-order valence-corrected chi connectivity index (χ4v) is 2.20. The summed E-state index contributed by atoms with van der Waals surface area (Å²) >= 11 is 0. The molecule has 0 spiro atoms. The van der Waals surface area contributed by atoms with Gasteiger partial charge in [0.15, 0.2) is 6.61 Å². The largest absolute Gasteiger partial charge is 0.484 e. The van der Waals surface area contributed by atoms with Crippen molar-refractivity contribution >= 4 is 11.0 Å². The molecule has 1 aromatic carbocycles. The molecule has 22 heavy (non-hydrogen) atoms. The summed E-state index contributed by atoms with van der Waals surface area (Å²) in [6, 6.07) is 6.89. The monoisotopic (exact) mass is 299 g/mol. The number of oxazole rings is 1. The second-order valence-corrected chi connectivity index (χ2v) is 5.51. The normalized spacial score (nSPS) is 11.3. The van der Waals surface area contributed by atoms with Gasteiger partial charge >= 0.3 is 5.63 Å². The zero-order valence-electron chi connectivity index (χ0n) is 12.8. The molecule has 5 heteroatoms. The van der Waals surface area contributed by atoms with E-state index in [1.165, 1.54) is 6.07 Å². The van der Waals surface area contributed by atoms with E-state index in [0.29, 0.717) is 23.1 Å². The zero-order valence-corrected chi connectivity index (χ0v) is 12.8. The maximum atomic E-state index is 11.4. The Bertz CT molecular complexity index is 860. The van der Waals surface area contributed by atoms with Gasteiger partial charge in [0, 0.05) is 23.4 Å². The van der Waals surface area contributed by atoms with Crippen LogP contribution in [0.25, 0.3) is 11.0 Å². The molecule has 0 bridgehead atoms. The van der Waals surface area contributed by atoms with Crippen molar-refractivity contribution in [3.05, 3.63) is 58.1 Å². The Morgan fingerprint density at radius 3 is 2.77 bits per heavy atom. The van der Waals surface area contributed by atoms with Gasteiger partial charge < -0.3 is 13.6 Å². The number of rotatable bonds is 4. The molecule has 114 valence electrons. The fraction of sp³-hybridized carbons (Fsp3) is 0.294. The van der Waals surface area contributed by atoms with Crippen LogP contribution in [-0.4, -0.2) is 4.98 Å². The molecule has 5 nitrogen and oxygen atoms in total. The summed E-state index contributed by atoms with van der Waals surface area (Å²) < 4.78 is 16.4. The van der Waals surface area contributed by atoms with Crippen molar-refractivity contribution < 1.29 is 13.6 Å². The molecule has 0 N–H and O–H groups in total. The number of aryl methyl sites for hydroxylation is 1. The molecule has 0 saturated carbocycles. The van der Waals surface area contributed by atoms with Crippen LogP contribution in [0.4, 0.5) is 0 Å². The second kappa shape index (κ2) is 5.67. The minimum Gasteiger partial charge on any atom is -0.484 e. The average molecular weight is 299 g/mol. The van der Waals surface area contributed by atoms with Crippen LogP contribution < -0.4 is 10.4 Å². The molecule has 0 radical (unpaired) electrons. The summed E-state index contributed by atoms with van der Waals surface area (Å²) in [5.74, 6) is 2.25. The first-order valence-corrected chi connectivity index (χ1v) is 7.15. The Balaban J connectivity index is 1.80. The molecule has 0 fully saturated rings. The molecule has 0 aliphatic heterocycles. The molecule has 0 unspecified atom stereocenters. The molecule has 3 rings (SSSR count). The molecule has 3 aromatic rings.